The van der Waals surface area contributed by atoms with Crippen molar-refractivity contribution in [2.45, 2.75) is 50.6 Å². The zero-order chi connectivity index (χ0) is 27.4. The molecule has 2 aliphatic heterocycles. The van der Waals surface area contributed by atoms with Gasteiger partial charge < -0.3 is 28.4 Å². The van der Waals surface area contributed by atoms with Gasteiger partial charge in [0.25, 0.3) is 0 Å². The van der Waals surface area contributed by atoms with Crippen LogP contribution in [0.15, 0.2) is 12.1 Å². The minimum atomic E-state index is 0.267. The molecule has 210 valence electrons. The number of hydrogen-bond acceptors (Lipinski definition) is 8. The molecule has 0 spiro atoms. The van der Waals surface area contributed by atoms with Crippen LogP contribution in [0.1, 0.15) is 60.0 Å². The Morgan fingerprint density at radius 3 is 1.26 bits per heavy atom. The number of likely N-dealkylation sites (N-methyl/N-ethyl adjacent to an activating group) is 2. The number of fused-ring (bicyclic) bond motifs is 2. The van der Waals surface area contributed by atoms with Crippen molar-refractivity contribution in [3.63, 3.8) is 0 Å². The number of unbranched alkanes of at least 4 members (excludes halogenated alkanes) is 1. The van der Waals surface area contributed by atoms with E-state index in [1.54, 1.807) is 42.7 Å². The number of hydrogen-bond donors (Lipinski definition) is 0. The molecule has 2 aromatic rings. The molecule has 2 aromatic carbocycles. The highest BCUT2D eigenvalue weighted by Gasteiger charge is 2.34. The number of nitrogens with zero attached hydrogens (tertiary/aromatic N) is 2. The number of benzene rings is 2. The summed E-state index contributed by atoms with van der Waals surface area (Å²) >= 11 is 0. The van der Waals surface area contributed by atoms with Crippen molar-refractivity contribution in [1.82, 2.24) is 9.80 Å². The van der Waals surface area contributed by atoms with Crippen molar-refractivity contribution < 1.29 is 28.4 Å². The van der Waals surface area contributed by atoms with Crippen molar-refractivity contribution >= 4 is 0 Å². The normalized spacial score (nSPS) is 19.4. The molecule has 0 amide bonds. The fourth-order valence-corrected chi connectivity index (χ4v) is 6.35. The first-order valence-corrected chi connectivity index (χ1v) is 13.5. The van der Waals surface area contributed by atoms with Crippen LogP contribution in [0.3, 0.4) is 0 Å². The van der Waals surface area contributed by atoms with Crippen molar-refractivity contribution in [3.05, 3.63) is 34.4 Å². The second-order valence-electron chi connectivity index (χ2n) is 10.2. The summed E-state index contributed by atoms with van der Waals surface area (Å²) in [6.07, 6.45) is 6.22. The molecule has 2 heterocycles. The maximum absolute atomic E-state index is 5.90. The third kappa shape index (κ3) is 5.08. The van der Waals surface area contributed by atoms with E-state index in [9.17, 15) is 0 Å². The van der Waals surface area contributed by atoms with Gasteiger partial charge in [-0.05, 0) is 63.0 Å². The minimum absolute atomic E-state index is 0.267. The molecular weight excluding hydrogens is 484 g/mol. The van der Waals surface area contributed by atoms with Crippen molar-refractivity contribution in [3.8, 4) is 34.5 Å². The standard InChI is InChI=1S/C30H44N2O6/c1-31-15-13-19-17-23(33-3)27(35-5)29(37-7)25(19)21(31)11-9-10-12-22-26-20(14-16-32(22)2)18-24(34-4)28(36-6)30(26)38-8/h17-18,21-22H,9-16H2,1-8H3. The Bertz CT molecular complexity index is 1030. The first-order valence-electron chi connectivity index (χ1n) is 13.5. The molecular formula is C30H44N2O6. The predicted octanol–water partition coefficient (Wildman–Crippen LogP) is 5.06. The molecule has 2 aliphatic rings. The lowest BCUT2D eigenvalue weighted by molar-refractivity contribution is 0.191. The van der Waals surface area contributed by atoms with Gasteiger partial charge in [0.1, 0.15) is 0 Å². The monoisotopic (exact) mass is 528 g/mol. The number of methoxy groups -OCH3 is 6. The third-order valence-electron chi connectivity index (χ3n) is 8.31. The zero-order valence-corrected chi connectivity index (χ0v) is 24.3. The van der Waals surface area contributed by atoms with E-state index in [4.69, 9.17) is 28.4 Å². The maximum Gasteiger partial charge on any atom is 0.203 e. The molecule has 0 radical (unpaired) electrons. The molecule has 0 bridgehead atoms. The molecule has 8 nitrogen and oxygen atoms in total. The summed E-state index contributed by atoms with van der Waals surface area (Å²) in [7, 11) is 14.6. The second kappa shape index (κ2) is 12.3. The minimum Gasteiger partial charge on any atom is -0.493 e. The summed E-state index contributed by atoms with van der Waals surface area (Å²) < 4.78 is 34.4. The quantitative estimate of drug-likeness (QED) is 0.375. The summed E-state index contributed by atoms with van der Waals surface area (Å²) in [5.41, 5.74) is 5.04. The van der Waals surface area contributed by atoms with Crippen LogP contribution in [-0.4, -0.2) is 79.6 Å². The van der Waals surface area contributed by atoms with Crippen molar-refractivity contribution in [2.75, 3.05) is 69.8 Å². The molecule has 0 saturated heterocycles. The van der Waals surface area contributed by atoms with Crippen LogP contribution in [0.5, 0.6) is 34.5 Å². The van der Waals surface area contributed by atoms with Crippen LogP contribution in [-0.2, 0) is 12.8 Å². The Hall–Kier alpha value is -2.84. The molecule has 0 aromatic heterocycles. The van der Waals surface area contributed by atoms with Gasteiger partial charge in [-0.1, -0.05) is 12.8 Å². The van der Waals surface area contributed by atoms with Gasteiger partial charge in [0.15, 0.2) is 23.0 Å². The Labute approximate surface area is 227 Å². The van der Waals surface area contributed by atoms with Crippen molar-refractivity contribution in [2.24, 2.45) is 0 Å². The first-order chi connectivity index (χ1) is 18.4. The molecule has 0 fully saturated rings. The van der Waals surface area contributed by atoms with E-state index >= 15 is 0 Å². The Morgan fingerprint density at radius 1 is 0.579 bits per heavy atom. The fourth-order valence-electron chi connectivity index (χ4n) is 6.35. The summed E-state index contributed by atoms with van der Waals surface area (Å²) in [4.78, 5) is 4.89. The molecule has 0 saturated carbocycles. The SMILES string of the molecule is COc1cc2c(c(OC)c1OC)C(CCCCC1c3c(cc(OC)c(OC)c3OC)CCN1C)N(C)CC2. The smallest absolute Gasteiger partial charge is 0.203 e. The lowest BCUT2D eigenvalue weighted by Crippen LogP contribution is -2.33. The van der Waals surface area contributed by atoms with E-state index in [2.05, 4.69) is 36.0 Å². The zero-order valence-electron chi connectivity index (χ0n) is 24.3. The average molecular weight is 529 g/mol. The number of ether oxygens (including phenoxy) is 6. The van der Waals surface area contributed by atoms with Gasteiger partial charge >= 0.3 is 0 Å². The molecule has 4 rings (SSSR count). The highest BCUT2D eigenvalue weighted by molar-refractivity contribution is 5.62. The van der Waals surface area contributed by atoms with E-state index in [0.29, 0.717) is 11.5 Å². The largest absolute Gasteiger partial charge is 0.493 e. The van der Waals surface area contributed by atoms with Gasteiger partial charge in [0, 0.05) is 36.3 Å². The van der Waals surface area contributed by atoms with Crippen LogP contribution in [0.2, 0.25) is 0 Å². The van der Waals surface area contributed by atoms with Gasteiger partial charge in [-0.15, -0.1) is 0 Å². The topological polar surface area (TPSA) is 61.9 Å². The summed E-state index contributed by atoms with van der Waals surface area (Å²) in [5, 5.41) is 0. The molecule has 8 heteroatoms. The Balaban J connectivity index is 1.54. The summed E-state index contributed by atoms with van der Waals surface area (Å²) in [5.74, 6) is 4.39. The van der Waals surface area contributed by atoms with Crippen LogP contribution >= 0.6 is 0 Å². The van der Waals surface area contributed by atoms with Crippen LogP contribution in [0, 0.1) is 0 Å². The fraction of sp³-hybridized carbons (Fsp3) is 0.600. The summed E-state index contributed by atoms with van der Waals surface area (Å²) in [6.45, 7) is 2.02. The maximum atomic E-state index is 5.90. The summed E-state index contributed by atoms with van der Waals surface area (Å²) in [6, 6.07) is 4.78. The Kier molecular flexibility index (Phi) is 9.15. The highest BCUT2D eigenvalue weighted by atomic mass is 16.5. The number of rotatable bonds is 11. The average Bonchev–Trinajstić information content (AvgIpc) is 2.94. The van der Waals surface area contributed by atoms with Gasteiger partial charge in [-0.25, -0.2) is 0 Å². The molecule has 38 heavy (non-hydrogen) atoms. The lowest BCUT2D eigenvalue weighted by Gasteiger charge is -2.37. The third-order valence-corrected chi connectivity index (χ3v) is 8.31. The lowest BCUT2D eigenvalue weighted by atomic mass is 9.86. The molecule has 2 unspecified atom stereocenters. The van der Waals surface area contributed by atoms with Gasteiger partial charge in [0.05, 0.1) is 42.7 Å². The van der Waals surface area contributed by atoms with Gasteiger partial charge in [-0.2, -0.15) is 0 Å². The van der Waals surface area contributed by atoms with Crippen LogP contribution in [0.4, 0.5) is 0 Å². The van der Waals surface area contributed by atoms with E-state index in [0.717, 1.165) is 74.6 Å². The van der Waals surface area contributed by atoms with Crippen molar-refractivity contribution in [1.29, 1.82) is 0 Å². The van der Waals surface area contributed by atoms with Gasteiger partial charge in [-0.3, -0.25) is 9.80 Å². The van der Waals surface area contributed by atoms with Gasteiger partial charge in [0.2, 0.25) is 11.5 Å². The van der Waals surface area contributed by atoms with Crippen LogP contribution in [0.25, 0.3) is 0 Å². The first kappa shape index (κ1) is 28.2. The molecule has 2 atom stereocenters. The highest BCUT2D eigenvalue weighted by Crippen LogP contribution is 2.50. The Morgan fingerprint density at radius 2 is 0.947 bits per heavy atom. The predicted molar refractivity (Wildman–Crippen MR) is 149 cm³/mol. The van der Waals surface area contributed by atoms with E-state index in [1.165, 1.54) is 22.3 Å². The van der Waals surface area contributed by atoms with E-state index in [1.807, 2.05) is 0 Å². The van der Waals surface area contributed by atoms with E-state index in [-0.39, 0.29) is 12.1 Å². The van der Waals surface area contributed by atoms with Crippen LogP contribution < -0.4 is 28.4 Å². The molecule has 0 N–H and O–H groups in total. The molecule has 0 aliphatic carbocycles. The second-order valence-corrected chi connectivity index (χ2v) is 10.2. The van der Waals surface area contributed by atoms with E-state index < -0.39 is 0 Å².